The molecule has 1 rings (SSSR count). The molecular weight excluding hydrogens is 160 g/mol. The van der Waals surface area contributed by atoms with Crippen molar-refractivity contribution in [3.05, 3.63) is 0 Å². The van der Waals surface area contributed by atoms with Crippen LogP contribution in [0.3, 0.4) is 0 Å². The third-order valence-corrected chi connectivity index (χ3v) is 3.25. The molecule has 1 fully saturated rings. The van der Waals surface area contributed by atoms with Crippen molar-refractivity contribution >= 4 is 0 Å². The lowest BCUT2D eigenvalue weighted by Crippen LogP contribution is -2.28. The van der Waals surface area contributed by atoms with Gasteiger partial charge in [0.05, 0.1) is 0 Å². The largest absolute Gasteiger partial charge is 0.330 e. The quantitative estimate of drug-likeness (QED) is 0.620. The Morgan fingerprint density at radius 3 is 2.38 bits per heavy atom. The molecule has 1 aliphatic rings. The zero-order valence-corrected chi connectivity index (χ0v) is 8.67. The molecule has 0 aliphatic heterocycles. The number of hydrogen-bond acceptors (Lipinski definition) is 2. The first-order valence-electron chi connectivity index (χ1n) is 5.80. The van der Waals surface area contributed by atoms with Gasteiger partial charge in [-0.2, -0.15) is 0 Å². The first kappa shape index (κ1) is 11.0. The fourth-order valence-electron chi connectivity index (χ4n) is 2.32. The van der Waals surface area contributed by atoms with Crippen LogP contribution in [0.25, 0.3) is 0 Å². The van der Waals surface area contributed by atoms with Crippen LogP contribution in [0.5, 0.6) is 0 Å². The van der Waals surface area contributed by atoms with Crippen molar-refractivity contribution in [2.24, 2.45) is 17.4 Å². The zero-order chi connectivity index (χ0) is 9.52. The van der Waals surface area contributed by atoms with E-state index in [-0.39, 0.29) is 0 Å². The van der Waals surface area contributed by atoms with Gasteiger partial charge in [0.1, 0.15) is 0 Å². The lowest BCUT2D eigenvalue weighted by Gasteiger charge is -2.18. The first-order chi connectivity index (χ1) is 6.34. The van der Waals surface area contributed by atoms with Crippen LogP contribution in [-0.2, 0) is 0 Å². The normalized spacial score (nSPS) is 20.8. The lowest BCUT2D eigenvalue weighted by molar-refractivity contribution is 0.396. The average molecular weight is 184 g/mol. The molecular formula is C11H24N2. The molecule has 2 nitrogen and oxygen atoms in total. The molecule has 0 spiro atoms. The van der Waals surface area contributed by atoms with Crippen LogP contribution in [0.2, 0.25) is 0 Å². The summed E-state index contributed by atoms with van der Waals surface area (Å²) in [5.74, 6) is 0.831. The minimum atomic E-state index is 0.472. The van der Waals surface area contributed by atoms with E-state index in [9.17, 15) is 0 Å². The van der Waals surface area contributed by atoms with Gasteiger partial charge in [-0.25, -0.2) is 0 Å². The molecule has 0 amide bonds. The van der Waals surface area contributed by atoms with Crippen molar-refractivity contribution in [1.82, 2.24) is 0 Å². The van der Waals surface area contributed by atoms with Crippen LogP contribution < -0.4 is 11.5 Å². The summed E-state index contributed by atoms with van der Waals surface area (Å²) in [4.78, 5) is 0. The van der Waals surface area contributed by atoms with E-state index in [1.54, 1.807) is 0 Å². The summed E-state index contributed by atoms with van der Waals surface area (Å²) in [5.41, 5.74) is 11.6. The molecule has 1 aliphatic carbocycles. The van der Waals surface area contributed by atoms with Gasteiger partial charge in [-0.05, 0) is 38.1 Å². The zero-order valence-electron chi connectivity index (χ0n) is 8.67. The minimum absolute atomic E-state index is 0.472. The van der Waals surface area contributed by atoms with Crippen LogP contribution in [-0.4, -0.2) is 12.6 Å². The van der Waals surface area contributed by atoms with Gasteiger partial charge in [-0.3, -0.25) is 0 Å². The third-order valence-electron chi connectivity index (χ3n) is 3.25. The summed E-state index contributed by atoms with van der Waals surface area (Å²) in [7, 11) is 0. The van der Waals surface area contributed by atoms with E-state index in [1.165, 1.54) is 44.9 Å². The topological polar surface area (TPSA) is 52.0 Å². The lowest BCUT2D eigenvalue weighted by atomic mass is 9.94. The molecule has 0 aromatic rings. The molecule has 78 valence electrons. The van der Waals surface area contributed by atoms with E-state index in [0.717, 1.165) is 18.9 Å². The van der Waals surface area contributed by atoms with Crippen molar-refractivity contribution in [2.75, 3.05) is 6.54 Å². The fourth-order valence-corrected chi connectivity index (χ4v) is 2.32. The Labute approximate surface area is 82.1 Å². The maximum atomic E-state index is 6.13. The summed E-state index contributed by atoms with van der Waals surface area (Å²) in [5, 5.41) is 0. The average Bonchev–Trinajstić information content (AvgIpc) is 2.65. The summed E-state index contributed by atoms with van der Waals surface area (Å²) in [6.45, 7) is 0.832. The van der Waals surface area contributed by atoms with Gasteiger partial charge in [0.25, 0.3) is 0 Å². The second-order valence-corrected chi connectivity index (χ2v) is 4.35. The van der Waals surface area contributed by atoms with Crippen LogP contribution in [0.1, 0.15) is 51.4 Å². The van der Waals surface area contributed by atoms with Crippen LogP contribution in [0, 0.1) is 5.92 Å². The van der Waals surface area contributed by atoms with Gasteiger partial charge in [-0.1, -0.05) is 25.7 Å². The minimum Gasteiger partial charge on any atom is -0.330 e. The Hall–Kier alpha value is -0.0800. The van der Waals surface area contributed by atoms with Gasteiger partial charge >= 0.3 is 0 Å². The van der Waals surface area contributed by atoms with E-state index in [1.807, 2.05) is 0 Å². The number of rotatable bonds is 6. The van der Waals surface area contributed by atoms with Crippen LogP contribution in [0.4, 0.5) is 0 Å². The second-order valence-electron chi connectivity index (χ2n) is 4.35. The molecule has 13 heavy (non-hydrogen) atoms. The van der Waals surface area contributed by atoms with Gasteiger partial charge in [0, 0.05) is 6.04 Å². The molecule has 2 heteroatoms. The predicted octanol–water partition coefficient (Wildman–Crippen LogP) is 2.02. The second kappa shape index (κ2) is 6.39. The highest BCUT2D eigenvalue weighted by Crippen LogP contribution is 2.28. The molecule has 0 heterocycles. The Morgan fingerprint density at radius 2 is 1.77 bits per heavy atom. The van der Waals surface area contributed by atoms with E-state index < -0.39 is 0 Å². The van der Waals surface area contributed by atoms with E-state index >= 15 is 0 Å². The van der Waals surface area contributed by atoms with Gasteiger partial charge in [0.15, 0.2) is 0 Å². The molecule has 0 radical (unpaired) electrons. The van der Waals surface area contributed by atoms with Gasteiger partial charge < -0.3 is 11.5 Å². The van der Waals surface area contributed by atoms with Crippen molar-refractivity contribution in [2.45, 2.75) is 57.4 Å². The summed E-state index contributed by atoms with van der Waals surface area (Å²) in [6, 6.07) is 0.472. The maximum Gasteiger partial charge on any atom is 0.00671 e. The first-order valence-corrected chi connectivity index (χ1v) is 5.80. The predicted molar refractivity (Wildman–Crippen MR) is 57.5 cm³/mol. The smallest absolute Gasteiger partial charge is 0.00671 e. The highest BCUT2D eigenvalue weighted by molar-refractivity contribution is 4.77. The molecule has 1 atom stereocenters. The Morgan fingerprint density at radius 1 is 1.08 bits per heavy atom. The van der Waals surface area contributed by atoms with Crippen molar-refractivity contribution in [3.63, 3.8) is 0 Å². The van der Waals surface area contributed by atoms with E-state index in [4.69, 9.17) is 11.5 Å². The monoisotopic (exact) mass is 184 g/mol. The van der Waals surface area contributed by atoms with Crippen LogP contribution in [0.15, 0.2) is 0 Å². The molecule has 1 saturated carbocycles. The summed E-state index contributed by atoms with van der Waals surface area (Å²) >= 11 is 0. The SMILES string of the molecule is NCCCCCC(N)C1CCCC1. The summed E-state index contributed by atoms with van der Waals surface area (Å²) in [6.07, 6.45) is 10.5. The molecule has 1 unspecified atom stereocenters. The number of hydrogen-bond donors (Lipinski definition) is 2. The molecule has 0 saturated heterocycles. The summed E-state index contributed by atoms with van der Waals surface area (Å²) < 4.78 is 0. The standard InChI is InChI=1S/C11H24N2/c12-9-5-1-2-8-11(13)10-6-3-4-7-10/h10-11H,1-9,12-13H2. The molecule has 4 N–H and O–H groups in total. The highest BCUT2D eigenvalue weighted by Gasteiger charge is 2.20. The molecule has 0 bridgehead atoms. The number of nitrogens with two attached hydrogens (primary N) is 2. The third kappa shape index (κ3) is 4.10. The van der Waals surface area contributed by atoms with E-state index in [0.29, 0.717) is 6.04 Å². The maximum absolute atomic E-state index is 6.13. The molecule has 0 aromatic heterocycles. The van der Waals surface area contributed by atoms with Crippen molar-refractivity contribution < 1.29 is 0 Å². The van der Waals surface area contributed by atoms with Gasteiger partial charge in [-0.15, -0.1) is 0 Å². The fraction of sp³-hybridized carbons (Fsp3) is 1.00. The van der Waals surface area contributed by atoms with Crippen LogP contribution >= 0.6 is 0 Å². The number of unbranched alkanes of at least 4 members (excludes halogenated alkanes) is 2. The van der Waals surface area contributed by atoms with Gasteiger partial charge in [0.2, 0.25) is 0 Å². The Kier molecular flexibility index (Phi) is 5.40. The Bertz CT molecular complexity index is 119. The van der Waals surface area contributed by atoms with Crippen molar-refractivity contribution in [1.29, 1.82) is 0 Å². The van der Waals surface area contributed by atoms with E-state index in [2.05, 4.69) is 0 Å². The highest BCUT2D eigenvalue weighted by atomic mass is 14.6. The Balaban J connectivity index is 1.99. The van der Waals surface area contributed by atoms with Crippen molar-refractivity contribution in [3.8, 4) is 0 Å². The molecule has 0 aromatic carbocycles.